The molecule has 168 valence electrons. The highest BCUT2D eigenvalue weighted by Crippen LogP contribution is 2.23. The highest BCUT2D eigenvalue weighted by Gasteiger charge is 2.20. The monoisotopic (exact) mass is 433 g/mol. The number of hydrogen-bond acceptors (Lipinski definition) is 6. The van der Waals surface area contributed by atoms with E-state index in [9.17, 15) is 5.26 Å². The summed E-state index contributed by atoms with van der Waals surface area (Å²) >= 11 is 1.38. The summed E-state index contributed by atoms with van der Waals surface area (Å²) < 4.78 is 14.6. The maximum absolute atomic E-state index is 9.50. The maximum atomic E-state index is 9.50. The quantitative estimate of drug-likeness (QED) is 0.423. The first kappa shape index (κ1) is 26.5. The standard InChI is InChI=1S/C22H33N3O2S.C2H6/c1-21(2,3)27-13-10-22(4,5)24-28-20(17-23)16-18-6-8-19(9-7-18)25-11-14-26-15-12-25;1-2/h6-9,16,24H,10-15H2,1-5H3;1-2H3/b20-16+;. The van der Waals surface area contributed by atoms with Gasteiger partial charge in [0.2, 0.25) is 0 Å². The molecule has 0 unspecified atom stereocenters. The molecular weight excluding hydrogens is 394 g/mol. The van der Waals surface area contributed by atoms with E-state index in [-0.39, 0.29) is 11.1 Å². The lowest BCUT2D eigenvalue weighted by atomic mass is 10.0. The minimum atomic E-state index is -0.133. The van der Waals surface area contributed by atoms with Crippen molar-refractivity contribution in [2.45, 2.75) is 66.0 Å². The molecule has 30 heavy (non-hydrogen) atoms. The number of nitrogens with one attached hydrogen (secondary N) is 1. The molecule has 1 saturated heterocycles. The summed E-state index contributed by atoms with van der Waals surface area (Å²) in [5.74, 6) is 0. The SMILES string of the molecule is CC.CC(C)(CCOC(C)(C)C)NS/C(C#N)=C/c1ccc(N2CCOCC2)cc1. The van der Waals surface area contributed by atoms with Crippen molar-refractivity contribution in [1.29, 1.82) is 5.26 Å². The third-order valence-electron chi connectivity index (χ3n) is 4.38. The van der Waals surface area contributed by atoms with Gasteiger partial charge in [-0.25, -0.2) is 0 Å². The van der Waals surface area contributed by atoms with Crippen LogP contribution in [0.5, 0.6) is 0 Å². The fraction of sp³-hybridized carbons (Fsp3) is 0.625. The number of nitrogens with zero attached hydrogens (tertiary/aromatic N) is 2. The number of rotatable bonds is 8. The fourth-order valence-corrected chi connectivity index (χ4v) is 3.42. The number of nitriles is 1. The van der Waals surface area contributed by atoms with Crippen LogP contribution in [0.1, 0.15) is 60.5 Å². The van der Waals surface area contributed by atoms with Gasteiger partial charge in [-0.2, -0.15) is 5.26 Å². The summed E-state index contributed by atoms with van der Waals surface area (Å²) in [6, 6.07) is 10.6. The van der Waals surface area contributed by atoms with E-state index >= 15 is 0 Å². The molecule has 0 saturated carbocycles. The molecule has 0 aliphatic carbocycles. The molecule has 6 heteroatoms. The van der Waals surface area contributed by atoms with E-state index in [4.69, 9.17) is 9.47 Å². The topological polar surface area (TPSA) is 57.5 Å². The molecule has 0 bridgehead atoms. The van der Waals surface area contributed by atoms with Gasteiger partial charge in [-0.3, -0.25) is 4.72 Å². The van der Waals surface area contributed by atoms with Crippen LogP contribution in [0.2, 0.25) is 0 Å². The zero-order valence-electron chi connectivity index (χ0n) is 19.7. The van der Waals surface area contributed by atoms with Crippen LogP contribution in [0, 0.1) is 11.3 Å². The minimum absolute atomic E-state index is 0.131. The molecular formula is C24H39N3O2S. The lowest BCUT2D eigenvalue weighted by Crippen LogP contribution is -2.36. The number of ether oxygens (including phenoxy) is 2. The number of anilines is 1. The molecule has 2 rings (SSSR count). The van der Waals surface area contributed by atoms with Crippen LogP contribution in [-0.4, -0.2) is 44.1 Å². The first-order chi connectivity index (χ1) is 14.2. The second kappa shape index (κ2) is 13.0. The zero-order valence-corrected chi connectivity index (χ0v) is 20.6. The summed E-state index contributed by atoms with van der Waals surface area (Å²) in [6.45, 7) is 18.5. The Morgan fingerprint density at radius 1 is 1.17 bits per heavy atom. The van der Waals surface area contributed by atoms with Crippen LogP contribution in [-0.2, 0) is 9.47 Å². The molecule has 1 aliphatic heterocycles. The van der Waals surface area contributed by atoms with Crippen molar-refractivity contribution in [3.05, 3.63) is 34.7 Å². The largest absolute Gasteiger partial charge is 0.378 e. The van der Waals surface area contributed by atoms with Crippen molar-refractivity contribution in [3.8, 4) is 6.07 Å². The fourth-order valence-electron chi connectivity index (χ4n) is 2.70. The van der Waals surface area contributed by atoms with Crippen molar-refractivity contribution in [1.82, 2.24) is 4.72 Å². The molecule has 5 nitrogen and oxygen atoms in total. The molecule has 0 spiro atoms. The molecule has 1 fully saturated rings. The first-order valence-corrected chi connectivity index (χ1v) is 11.6. The van der Waals surface area contributed by atoms with Crippen molar-refractivity contribution in [2.75, 3.05) is 37.8 Å². The van der Waals surface area contributed by atoms with E-state index in [1.807, 2.05) is 19.9 Å². The van der Waals surface area contributed by atoms with E-state index in [0.717, 1.165) is 38.3 Å². The summed E-state index contributed by atoms with van der Waals surface area (Å²) in [4.78, 5) is 2.96. The Morgan fingerprint density at radius 2 is 1.77 bits per heavy atom. The van der Waals surface area contributed by atoms with Crippen molar-refractivity contribution in [3.63, 3.8) is 0 Å². The van der Waals surface area contributed by atoms with Gasteiger partial charge in [0.15, 0.2) is 0 Å². The predicted octanol–water partition coefficient (Wildman–Crippen LogP) is 5.64. The third-order valence-corrected chi connectivity index (χ3v) is 5.46. The van der Waals surface area contributed by atoms with Crippen LogP contribution in [0.15, 0.2) is 29.2 Å². The van der Waals surface area contributed by atoms with Gasteiger partial charge in [-0.1, -0.05) is 26.0 Å². The molecule has 0 aromatic heterocycles. The Kier molecular flexibility index (Phi) is 11.5. The van der Waals surface area contributed by atoms with Gasteiger partial charge in [0.05, 0.1) is 18.8 Å². The van der Waals surface area contributed by atoms with E-state index in [2.05, 4.69) is 74.6 Å². The van der Waals surface area contributed by atoms with Crippen LogP contribution < -0.4 is 9.62 Å². The lowest BCUT2D eigenvalue weighted by molar-refractivity contribution is -0.0101. The molecule has 1 aromatic carbocycles. The molecule has 1 heterocycles. The lowest BCUT2D eigenvalue weighted by Gasteiger charge is -2.28. The van der Waals surface area contributed by atoms with E-state index < -0.39 is 0 Å². The van der Waals surface area contributed by atoms with Crippen LogP contribution in [0.3, 0.4) is 0 Å². The molecule has 0 radical (unpaired) electrons. The summed E-state index contributed by atoms with van der Waals surface area (Å²) in [5, 5.41) is 9.50. The third kappa shape index (κ3) is 10.5. The average molecular weight is 434 g/mol. The Labute approximate surface area is 187 Å². The van der Waals surface area contributed by atoms with Gasteiger partial charge in [0, 0.05) is 30.9 Å². The van der Waals surface area contributed by atoms with E-state index in [0.29, 0.717) is 11.5 Å². The minimum Gasteiger partial charge on any atom is -0.378 e. The van der Waals surface area contributed by atoms with Gasteiger partial charge >= 0.3 is 0 Å². The number of allylic oxidation sites excluding steroid dienone is 1. The van der Waals surface area contributed by atoms with Crippen LogP contribution in [0.4, 0.5) is 5.69 Å². The van der Waals surface area contributed by atoms with E-state index in [1.165, 1.54) is 17.6 Å². The van der Waals surface area contributed by atoms with Gasteiger partial charge in [-0.05, 0) is 76.8 Å². The molecule has 1 aromatic rings. The van der Waals surface area contributed by atoms with Crippen molar-refractivity contribution < 1.29 is 9.47 Å². The zero-order chi connectivity index (χ0) is 22.6. The van der Waals surface area contributed by atoms with Gasteiger partial charge in [0.1, 0.15) is 11.0 Å². The van der Waals surface area contributed by atoms with Crippen LogP contribution >= 0.6 is 11.9 Å². The Hall–Kier alpha value is -1.52. The Balaban J connectivity index is 0.00000218. The van der Waals surface area contributed by atoms with E-state index in [1.54, 1.807) is 0 Å². The summed E-state index contributed by atoms with van der Waals surface area (Å²) in [5.41, 5.74) is 1.96. The summed E-state index contributed by atoms with van der Waals surface area (Å²) in [6.07, 6.45) is 2.78. The normalized spacial score (nSPS) is 15.3. The number of benzene rings is 1. The van der Waals surface area contributed by atoms with Gasteiger partial charge < -0.3 is 14.4 Å². The van der Waals surface area contributed by atoms with Crippen molar-refractivity contribution >= 4 is 23.7 Å². The highest BCUT2D eigenvalue weighted by molar-refractivity contribution is 8.01. The molecule has 1 aliphatic rings. The number of morpholine rings is 1. The van der Waals surface area contributed by atoms with Crippen LogP contribution in [0.25, 0.3) is 6.08 Å². The average Bonchev–Trinajstić information content (AvgIpc) is 2.72. The molecule has 0 atom stereocenters. The smallest absolute Gasteiger partial charge is 0.107 e. The van der Waals surface area contributed by atoms with Gasteiger partial charge in [-0.15, -0.1) is 0 Å². The number of hydrogen-bond donors (Lipinski definition) is 1. The Bertz CT molecular complexity index is 682. The van der Waals surface area contributed by atoms with Crippen molar-refractivity contribution in [2.24, 2.45) is 0 Å². The maximum Gasteiger partial charge on any atom is 0.107 e. The first-order valence-electron chi connectivity index (χ1n) is 10.8. The van der Waals surface area contributed by atoms with Gasteiger partial charge in [0.25, 0.3) is 0 Å². The molecule has 1 N–H and O–H groups in total. The predicted molar refractivity (Wildman–Crippen MR) is 130 cm³/mol. The molecule has 0 amide bonds. The highest BCUT2D eigenvalue weighted by atomic mass is 32.2. The summed E-state index contributed by atoms with van der Waals surface area (Å²) in [7, 11) is 0. The second-order valence-corrected chi connectivity index (χ2v) is 9.46. The second-order valence-electron chi connectivity index (χ2n) is 8.61. The Morgan fingerprint density at radius 3 is 2.30 bits per heavy atom.